The maximum Gasteiger partial charge on any atom is 0.148 e. The second-order valence-corrected chi connectivity index (χ2v) is 10.4. The summed E-state index contributed by atoms with van der Waals surface area (Å²) in [6, 6.07) is 33.4. The molecular weight excluding hydrogens is 496 g/mol. The molecule has 192 valence electrons. The number of benzene rings is 4. The highest BCUT2D eigenvalue weighted by molar-refractivity contribution is 6.09. The summed E-state index contributed by atoms with van der Waals surface area (Å²) in [5, 5.41) is 14.6. The van der Waals surface area contributed by atoms with Gasteiger partial charge in [-0.1, -0.05) is 97.1 Å². The van der Waals surface area contributed by atoms with Gasteiger partial charge >= 0.3 is 0 Å². The van der Waals surface area contributed by atoms with Crippen LogP contribution in [0, 0.1) is 0 Å². The van der Waals surface area contributed by atoms with E-state index in [0.29, 0.717) is 0 Å². The van der Waals surface area contributed by atoms with Gasteiger partial charge in [0.2, 0.25) is 0 Å². The molecule has 0 saturated carbocycles. The molecule has 0 aliphatic carbocycles. The highest BCUT2D eigenvalue weighted by atomic mass is 15.3. The summed E-state index contributed by atoms with van der Waals surface area (Å²) in [5.41, 5.74) is 8.71. The summed E-state index contributed by atoms with van der Waals surface area (Å²) < 4.78 is 0. The van der Waals surface area contributed by atoms with Gasteiger partial charge in [0.1, 0.15) is 48.0 Å². The second-order valence-electron chi connectivity index (χ2n) is 10.4. The molecule has 0 saturated heterocycles. The largest absolute Gasteiger partial charge is 0.344 e. The van der Waals surface area contributed by atoms with E-state index in [1.165, 1.54) is 0 Å². The Kier molecular flexibility index (Phi) is 4.40. The van der Waals surface area contributed by atoms with Crippen LogP contribution in [0.5, 0.6) is 0 Å². The normalized spacial score (nSPS) is 24.4. The molecule has 5 aliphatic heterocycles. The molecular formula is C32H24N8. The van der Waals surface area contributed by atoms with Crippen molar-refractivity contribution in [3.63, 3.8) is 0 Å². The lowest BCUT2D eigenvalue weighted by Gasteiger charge is -2.14. The molecule has 9 rings (SSSR count). The molecule has 4 unspecified atom stereocenters. The quantitative estimate of drug-likeness (QED) is 0.280. The molecule has 4 N–H and O–H groups in total. The third-order valence-corrected chi connectivity index (χ3v) is 8.17. The molecule has 0 aromatic heterocycles. The Bertz CT molecular complexity index is 1580. The van der Waals surface area contributed by atoms with Crippen LogP contribution in [0.25, 0.3) is 0 Å². The number of rotatable bonds is 0. The van der Waals surface area contributed by atoms with Gasteiger partial charge in [0.15, 0.2) is 0 Å². The van der Waals surface area contributed by atoms with E-state index in [4.69, 9.17) is 20.0 Å². The van der Waals surface area contributed by atoms with Gasteiger partial charge in [-0.25, -0.2) is 20.0 Å². The number of fused-ring (bicyclic) bond motifs is 16. The molecule has 4 atom stereocenters. The summed E-state index contributed by atoms with van der Waals surface area (Å²) in [7, 11) is 0. The fraction of sp³-hybridized carbons (Fsp3) is 0.125. The zero-order valence-electron chi connectivity index (χ0n) is 21.3. The molecule has 4 aromatic rings. The summed E-state index contributed by atoms with van der Waals surface area (Å²) in [6.07, 6.45) is -1.10. The van der Waals surface area contributed by atoms with Gasteiger partial charge in [0, 0.05) is 44.5 Å². The standard InChI is InChI=1S/C32H24N8/c1-2-10-18-17(9-1)25-33-26(18)38-28-21-13-5-6-14-22(21)30(35-28)40-32-24-16-8-7-15-23(24)31(36-32)39-29-20-12-4-3-11-19(20)27(34-29)37-25/h1-16,25,28-29,32H,(H,33,38)(H,34,37)(H,35,40)(H,36,39). The maximum atomic E-state index is 5.12. The van der Waals surface area contributed by atoms with Crippen LogP contribution in [0.4, 0.5) is 0 Å². The zero-order valence-corrected chi connectivity index (χ0v) is 21.3. The summed E-state index contributed by atoms with van der Waals surface area (Å²) in [4.78, 5) is 20.5. The van der Waals surface area contributed by atoms with Gasteiger partial charge in [0.25, 0.3) is 0 Å². The highest BCUT2D eigenvalue weighted by Gasteiger charge is 2.36. The van der Waals surface area contributed by atoms with Gasteiger partial charge in [-0.15, -0.1) is 0 Å². The van der Waals surface area contributed by atoms with Gasteiger partial charge < -0.3 is 21.3 Å². The smallest absolute Gasteiger partial charge is 0.148 e. The van der Waals surface area contributed by atoms with Crippen molar-refractivity contribution in [2.24, 2.45) is 20.0 Å². The minimum absolute atomic E-state index is 0.274. The topological polar surface area (TPSA) is 97.6 Å². The minimum Gasteiger partial charge on any atom is -0.344 e. The van der Waals surface area contributed by atoms with E-state index in [1.54, 1.807) is 0 Å². The molecule has 0 amide bonds. The molecule has 0 spiro atoms. The van der Waals surface area contributed by atoms with Crippen LogP contribution in [-0.2, 0) is 0 Å². The first kappa shape index (κ1) is 21.7. The molecule has 40 heavy (non-hydrogen) atoms. The highest BCUT2D eigenvalue weighted by Crippen LogP contribution is 2.36. The lowest BCUT2D eigenvalue weighted by molar-refractivity contribution is 0.652. The fourth-order valence-corrected chi connectivity index (χ4v) is 6.30. The predicted molar refractivity (Wildman–Crippen MR) is 155 cm³/mol. The Morgan fingerprint density at radius 1 is 0.325 bits per heavy atom. The van der Waals surface area contributed by atoms with E-state index >= 15 is 0 Å². The van der Waals surface area contributed by atoms with Gasteiger partial charge in [-0.2, -0.15) is 0 Å². The van der Waals surface area contributed by atoms with Crippen molar-refractivity contribution in [2.75, 3.05) is 0 Å². The van der Waals surface area contributed by atoms with Crippen molar-refractivity contribution in [1.29, 1.82) is 0 Å². The second kappa shape index (κ2) is 8.13. The predicted octanol–water partition coefficient (Wildman–Crippen LogP) is 4.19. The third kappa shape index (κ3) is 3.13. The first-order valence-electron chi connectivity index (χ1n) is 13.5. The number of hydrogen-bond donors (Lipinski definition) is 4. The van der Waals surface area contributed by atoms with E-state index < -0.39 is 0 Å². The monoisotopic (exact) mass is 520 g/mol. The first-order chi connectivity index (χ1) is 19.8. The van der Waals surface area contributed by atoms with Crippen LogP contribution >= 0.6 is 0 Å². The van der Waals surface area contributed by atoms with Gasteiger partial charge in [0.05, 0.1) is 0 Å². The number of hydrogen-bond acceptors (Lipinski definition) is 8. The van der Waals surface area contributed by atoms with Crippen LogP contribution in [-0.4, -0.2) is 23.3 Å². The minimum atomic E-state index is -0.274. The first-order valence-corrected chi connectivity index (χ1v) is 13.5. The Labute approximate surface area is 230 Å². The average Bonchev–Trinajstić information content (AvgIpc) is 3.73. The molecule has 0 radical (unpaired) electrons. The number of nitrogens with one attached hydrogen (secondary N) is 4. The van der Waals surface area contributed by atoms with Gasteiger partial charge in [-0.3, -0.25) is 0 Å². The van der Waals surface area contributed by atoms with Gasteiger partial charge in [-0.05, 0) is 0 Å². The van der Waals surface area contributed by atoms with E-state index in [-0.39, 0.29) is 24.7 Å². The van der Waals surface area contributed by atoms with Crippen LogP contribution in [0.3, 0.4) is 0 Å². The van der Waals surface area contributed by atoms with Crippen LogP contribution in [0.2, 0.25) is 0 Å². The number of aliphatic imine (C=N–C) groups is 4. The van der Waals surface area contributed by atoms with E-state index in [2.05, 4.69) is 118 Å². The van der Waals surface area contributed by atoms with Crippen LogP contribution < -0.4 is 21.3 Å². The number of amidine groups is 4. The van der Waals surface area contributed by atoms with Crippen molar-refractivity contribution in [1.82, 2.24) is 21.3 Å². The summed E-state index contributed by atoms with van der Waals surface area (Å²) >= 11 is 0. The zero-order chi connectivity index (χ0) is 26.2. The molecule has 5 aliphatic rings. The summed E-state index contributed by atoms with van der Waals surface area (Å²) in [5.74, 6) is 3.27. The molecule has 8 nitrogen and oxygen atoms in total. The van der Waals surface area contributed by atoms with Crippen molar-refractivity contribution in [3.05, 3.63) is 142 Å². The van der Waals surface area contributed by atoms with E-state index in [0.717, 1.165) is 67.9 Å². The Balaban J connectivity index is 1.22. The Hall–Kier alpha value is -5.24. The third-order valence-electron chi connectivity index (χ3n) is 8.17. The number of nitrogens with zero attached hydrogens (tertiary/aromatic N) is 4. The lowest BCUT2D eigenvalue weighted by atomic mass is 10.0. The van der Waals surface area contributed by atoms with Crippen molar-refractivity contribution >= 4 is 23.3 Å². The average molecular weight is 521 g/mol. The van der Waals surface area contributed by atoms with Crippen LogP contribution in [0.15, 0.2) is 117 Å². The van der Waals surface area contributed by atoms with E-state index in [9.17, 15) is 0 Å². The van der Waals surface area contributed by atoms with Crippen molar-refractivity contribution in [2.45, 2.75) is 24.7 Å². The fourth-order valence-electron chi connectivity index (χ4n) is 6.30. The summed E-state index contributed by atoms with van der Waals surface area (Å²) in [6.45, 7) is 0. The Morgan fingerprint density at radius 3 is 0.800 bits per heavy atom. The van der Waals surface area contributed by atoms with E-state index in [1.807, 2.05) is 0 Å². The molecule has 0 fully saturated rings. The molecule has 5 heterocycles. The molecule has 8 heteroatoms. The SMILES string of the molecule is c1ccc2c(c1)C1=NC2NC2=NC(NC3=NC(NC4=NC(N1)c1ccccc14)c1ccccc13)c1ccccc12. The molecule has 8 bridgehead atoms. The van der Waals surface area contributed by atoms with Crippen molar-refractivity contribution in [3.8, 4) is 0 Å². The molecule has 4 aromatic carbocycles. The Morgan fingerprint density at radius 2 is 0.550 bits per heavy atom. The maximum absolute atomic E-state index is 5.12. The van der Waals surface area contributed by atoms with Crippen molar-refractivity contribution < 1.29 is 0 Å². The van der Waals surface area contributed by atoms with Crippen LogP contribution in [0.1, 0.15) is 69.2 Å². The lowest BCUT2D eigenvalue weighted by Crippen LogP contribution is -2.28.